The van der Waals surface area contributed by atoms with E-state index in [0.717, 1.165) is 38.0 Å². The summed E-state index contributed by atoms with van der Waals surface area (Å²) in [5.41, 5.74) is 0.305. The Bertz CT molecular complexity index is 452. The van der Waals surface area contributed by atoms with E-state index < -0.39 is 12.2 Å². The van der Waals surface area contributed by atoms with Crippen molar-refractivity contribution in [1.82, 2.24) is 0 Å². The highest BCUT2D eigenvalue weighted by molar-refractivity contribution is 5.11. The summed E-state index contributed by atoms with van der Waals surface area (Å²) in [4.78, 5) is 0. The van der Waals surface area contributed by atoms with E-state index in [1.54, 1.807) is 0 Å². The molecule has 4 aliphatic carbocycles. The van der Waals surface area contributed by atoms with E-state index in [4.69, 9.17) is 0 Å². The van der Waals surface area contributed by atoms with Gasteiger partial charge in [-0.25, -0.2) is 0 Å². The number of fused-ring (bicyclic) bond motifs is 5. The van der Waals surface area contributed by atoms with Gasteiger partial charge in [-0.05, 0) is 85.9 Å². The van der Waals surface area contributed by atoms with Crippen molar-refractivity contribution in [2.75, 3.05) is 0 Å². The molecule has 9 atom stereocenters. The third-order valence-electron chi connectivity index (χ3n) is 8.61. The lowest BCUT2D eigenvalue weighted by Gasteiger charge is -2.60. The van der Waals surface area contributed by atoms with Gasteiger partial charge in [-0.3, -0.25) is 0 Å². The van der Waals surface area contributed by atoms with Crippen LogP contribution in [0.5, 0.6) is 0 Å². The number of rotatable bonds is 0. The summed E-state index contributed by atoms with van der Waals surface area (Å²) in [5, 5.41) is 30.8. The molecule has 3 nitrogen and oxygen atoms in total. The molecular weight excluding hydrogens is 276 g/mol. The molecule has 22 heavy (non-hydrogen) atoms. The minimum Gasteiger partial charge on any atom is -0.393 e. The summed E-state index contributed by atoms with van der Waals surface area (Å²) in [6, 6.07) is 0. The fraction of sp³-hybridized carbons (Fsp3) is 1.00. The zero-order valence-electron chi connectivity index (χ0n) is 14.0. The molecule has 3 N–H and O–H groups in total. The van der Waals surface area contributed by atoms with Gasteiger partial charge in [-0.15, -0.1) is 0 Å². The Kier molecular flexibility index (Phi) is 3.46. The molecule has 3 heteroatoms. The minimum absolute atomic E-state index is 0.0715. The lowest BCUT2D eigenvalue weighted by atomic mass is 9.45. The molecule has 0 radical (unpaired) electrons. The number of hydrogen-bond acceptors (Lipinski definition) is 3. The molecule has 0 unspecified atom stereocenters. The zero-order chi connectivity index (χ0) is 15.7. The van der Waals surface area contributed by atoms with Gasteiger partial charge >= 0.3 is 0 Å². The van der Waals surface area contributed by atoms with Gasteiger partial charge in [0.1, 0.15) is 0 Å². The molecule has 4 rings (SSSR count). The summed E-state index contributed by atoms with van der Waals surface area (Å²) < 4.78 is 0. The summed E-state index contributed by atoms with van der Waals surface area (Å²) in [5.74, 6) is 2.57. The largest absolute Gasteiger partial charge is 0.393 e. The van der Waals surface area contributed by atoms with Crippen molar-refractivity contribution in [1.29, 1.82) is 0 Å². The maximum atomic E-state index is 10.5. The molecule has 0 aliphatic heterocycles. The predicted molar refractivity (Wildman–Crippen MR) is 85.1 cm³/mol. The molecule has 126 valence electrons. The van der Waals surface area contributed by atoms with Crippen LogP contribution in [-0.4, -0.2) is 33.6 Å². The lowest BCUT2D eigenvalue weighted by molar-refractivity contribution is -0.135. The first-order valence-corrected chi connectivity index (χ1v) is 9.40. The highest BCUT2D eigenvalue weighted by Gasteiger charge is 2.61. The Morgan fingerprint density at radius 1 is 0.773 bits per heavy atom. The van der Waals surface area contributed by atoms with Crippen LogP contribution in [0.25, 0.3) is 0 Å². The van der Waals surface area contributed by atoms with Crippen molar-refractivity contribution >= 4 is 0 Å². The van der Waals surface area contributed by atoms with Gasteiger partial charge in [0.15, 0.2) is 0 Å². The lowest BCUT2D eigenvalue weighted by Crippen LogP contribution is -2.54. The second-order valence-electron chi connectivity index (χ2n) is 9.38. The Labute approximate surface area is 134 Å². The Hall–Kier alpha value is -0.120. The molecule has 4 fully saturated rings. The molecule has 4 aliphatic rings. The van der Waals surface area contributed by atoms with Gasteiger partial charge in [0.25, 0.3) is 0 Å². The summed E-state index contributed by atoms with van der Waals surface area (Å²) >= 11 is 0. The standard InChI is InChI=1S/C19H32O3/c1-18-7-5-12(20)9-11(18)3-4-13-14(18)6-8-19(2)15(13)10-16(21)17(19)22/h11-17,20-22H,3-10H2,1-2H3/t11-,12+,13+,14-,15-,16-,17+,18-,19-/m0/s1. The molecule has 0 aromatic heterocycles. The monoisotopic (exact) mass is 308 g/mol. The van der Waals surface area contributed by atoms with Crippen LogP contribution in [0, 0.1) is 34.5 Å². The fourth-order valence-corrected chi connectivity index (χ4v) is 7.22. The molecule has 0 heterocycles. The molecule has 4 saturated carbocycles. The van der Waals surface area contributed by atoms with Crippen molar-refractivity contribution in [2.24, 2.45) is 34.5 Å². The van der Waals surface area contributed by atoms with Gasteiger partial charge < -0.3 is 15.3 Å². The van der Waals surface area contributed by atoms with E-state index in [-0.39, 0.29) is 11.5 Å². The van der Waals surface area contributed by atoms with E-state index >= 15 is 0 Å². The summed E-state index contributed by atoms with van der Waals surface area (Å²) in [6.45, 7) is 4.69. The maximum Gasteiger partial charge on any atom is 0.0855 e. The van der Waals surface area contributed by atoms with Gasteiger partial charge in [-0.1, -0.05) is 13.8 Å². The second-order valence-corrected chi connectivity index (χ2v) is 9.38. The van der Waals surface area contributed by atoms with Crippen LogP contribution in [0.15, 0.2) is 0 Å². The first-order valence-electron chi connectivity index (χ1n) is 9.40. The molecule has 0 spiro atoms. The van der Waals surface area contributed by atoms with E-state index in [9.17, 15) is 15.3 Å². The van der Waals surface area contributed by atoms with Crippen molar-refractivity contribution < 1.29 is 15.3 Å². The molecule has 0 amide bonds. The molecular formula is C19H32O3. The molecule has 0 aromatic carbocycles. The number of aliphatic hydroxyl groups excluding tert-OH is 3. The van der Waals surface area contributed by atoms with E-state index in [1.807, 2.05) is 0 Å². The fourth-order valence-electron chi connectivity index (χ4n) is 7.22. The number of hydrogen-bond donors (Lipinski definition) is 3. The Balaban J connectivity index is 1.63. The zero-order valence-corrected chi connectivity index (χ0v) is 14.0. The quantitative estimate of drug-likeness (QED) is 0.645. The predicted octanol–water partition coefficient (Wildman–Crippen LogP) is 2.72. The molecule has 0 bridgehead atoms. The highest BCUT2D eigenvalue weighted by Crippen LogP contribution is 2.66. The van der Waals surface area contributed by atoms with Gasteiger partial charge in [0, 0.05) is 0 Å². The van der Waals surface area contributed by atoms with E-state index in [2.05, 4.69) is 13.8 Å². The maximum absolute atomic E-state index is 10.5. The van der Waals surface area contributed by atoms with Crippen LogP contribution >= 0.6 is 0 Å². The normalized spacial score (nSPS) is 61.2. The van der Waals surface area contributed by atoms with Crippen molar-refractivity contribution in [2.45, 2.75) is 83.5 Å². The van der Waals surface area contributed by atoms with Crippen LogP contribution in [0.1, 0.15) is 65.2 Å². The molecule has 0 saturated heterocycles. The van der Waals surface area contributed by atoms with Crippen molar-refractivity contribution in [3.05, 3.63) is 0 Å². The summed E-state index contributed by atoms with van der Waals surface area (Å²) in [6.07, 6.45) is 7.49. The van der Waals surface area contributed by atoms with Gasteiger partial charge in [0.05, 0.1) is 18.3 Å². The third kappa shape index (κ3) is 1.91. The first-order chi connectivity index (χ1) is 10.4. The average molecular weight is 308 g/mol. The minimum atomic E-state index is -0.530. The molecule has 0 aromatic rings. The van der Waals surface area contributed by atoms with E-state index in [0.29, 0.717) is 23.2 Å². The van der Waals surface area contributed by atoms with Crippen LogP contribution < -0.4 is 0 Å². The smallest absolute Gasteiger partial charge is 0.0855 e. The van der Waals surface area contributed by atoms with Gasteiger partial charge in [-0.2, -0.15) is 0 Å². The number of aliphatic hydroxyl groups is 3. The van der Waals surface area contributed by atoms with E-state index in [1.165, 1.54) is 19.3 Å². The van der Waals surface area contributed by atoms with Crippen LogP contribution in [-0.2, 0) is 0 Å². The second kappa shape index (κ2) is 4.94. The SMILES string of the molecule is C[C@]12CC[C@@H](O)C[C@@H]1CC[C@@H]1[C@@H]2CC[C@]2(C)[C@H](O)[C@@H](O)C[C@@H]12. The van der Waals surface area contributed by atoms with Crippen LogP contribution in [0.4, 0.5) is 0 Å². The topological polar surface area (TPSA) is 60.7 Å². The highest BCUT2D eigenvalue weighted by atomic mass is 16.3. The summed E-state index contributed by atoms with van der Waals surface area (Å²) in [7, 11) is 0. The Morgan fingerprint density at radius 3 is 2.27 bits per heavy atom. The average Bonchev–Trinajstić information content (AvgIpc) is 2.72. The van der Waals surface area contributed by atoms with Crippen molar-refractivity contribution in [3.63, 3.8) is 0 Å². The van der Waals surface area contributed by atoms with Gasteiger partial charge in [0.2, 0.25) is 0 Å². The Morgan fingerprint density at radius 2 is 1.50 bits per heavy atom. The third-order valence-corrected chi connectivity index (χ3v) is 8.61. The van der Waals surface area contributed by atoms with Crippen LogP contribution in [0.3, 0.4) is 0 Å². The van der Waals surface area contributed by atoms with Crippen molar-refractivity contribution in [3.8, 4) is 0 Å². The van der Waals surface area contributed by atoms with Crippen LogP contribution in [0.2, 0.25) is 0 Å². The first kappa shape index (κ1) is 15.4.